The molecule has 4 atom stereocenters. The molecule has 216 valence electrons. The van der Waals surface area contributed by atoms with Gasteiger partial charge < -0.3 is 37.4 Å². The second-order valence-corrected chi connectivity index (χ2v) is 14.5. The van der Waals surface area contributed by atoms with Gasteiger partial charge in [-0.15, -0.1) is 0 Å². The first-order chi connectivity index (χ1) is 17.4. The van der Waals surface area contributed by atoms with E-state index >= 15 is 0 Å². The SMILES string of the molecule is CC[C@]1(C)OC2(OC[C@H](COP(=O)([O-])OCC[N+](C)(C)C)O2)C(OC(C)C)=C1c1ccc(S(C)(=O)=O)cc1. The van der Waals surface area contributed by atoms with Gasteiger partial charge in [0.15, 0.2) is 15.6 Å². The van der Waals surface area contributed by atoms with Crippen molar-refractivity contribution in [2.75, 3.05) is 53.8 Å². The van der Waals surface area contributed by atoms with Crippen LogP contribution in [0.5, 0.6) is 0 Å². The van der Waals surface area contributed by atoms with Crippen molar-refractivity contribution in [3.05, 3.63) is 35.6 Å². The zero-order chi connectivity index (χ0) is 28.6. The average molecular weight is 578 g/mol. The molecule has 0 saturated carbocycles. The third-order valence-corrected chi connectivity index (χ3v) is 8.30. The molecule has 1 aromatic carbocycles. The van der Waals surface area contributed by atoms with Crippen LogP contribution in [0.3, 0.4) is 0 Å². The summed E-state index contributed by atoms with van der Waals surface area (Å²) in [6.45, 7) is 7.65. The quantitative estimate of drug-likeness (QED) is 0.270. The van der Waals surface area contributed by atoms with Crippen LogP contribution in [0, 0.1) is 0 Å². The number of likely N-dealkylation sites (N-methyl/N-ethyl adjacent to an activating group) is 1. The number of phosphoric ester groups is 1. The molecule has 11 nitrogen and oxygen atoms in total. The van der Waals surface area contributed by atoms with Crippen LogP contribution in [-0.4, -0.2) is 90.4 Å². The Hall–Kier alpha value is -1.34. The van der Waals surface area contributed by atoms with E-state index in [4.69, 9.17) is 28.0 Å². The van der Waals surface area contributed by atoms with Crippen LogP contribution in [-0.2, 0) is 42.4 Å². The number of sulfone groups is 1. The molecule has 2 unspecified atom stereocenters. The van der Waals surface area contributed by atoms with Gasteiger partial charge in [-0.25, -0.2) is 8.42 Å². The summed E-state index contributed by atoms with van der Waals surface area (Å²) in [6.07, 6.45) is 0.621. The van der Waals surface area contributed by atoms with E-state index in [9.17, 15) is 17.9 Å². The highest BCUT2D eigenvalue weighted by atomic mass is 32.2. The first-order valence-corrected chi connectivity index (χ1v) is 15.9. The van der Waals surface area contributed by atoms with Crippen LogP contribution < -0.4 is 4.89 Å². The first-order valence-electron chi connectivity index (χ1n) is 12.5. The van der Waals surface area contributed by atoms with Crippen molar-refractivity contribution < 1.29 is 50.4 Å². The molecule has 0 aliphatic carbocycles. The van der Waals surface area contributed by atoms with Gasteiger partial charge >= 0.3 is 5.97 Å². The Morgan fingerprint density at radius 1 is 1.18 bits per heavy atom. The topological polar surface area (TPSA) is 130 Å². The summed E-state index contributed by atoms with van der Waals surface area (Å²) >= 11 is 0. The normalized spacial score (nSPS) is 27.9. The Bertz CT molecular complexity index is 1180. The molecule has 3 rings (SSSR count). The lowest BCUT2D eigenvalue weighted by atomic mass is 9.88. The fourth-order valence-corrected chi connectivity index (χ4v) is 5.45. The summed E-state index contributed by atoms with van der Waals surface area (Å²) < 4.78 is 71.5. The van der Waals surface area contributed by atoms with Crippen molar-refractivity contribution in [2.45, 2.75) is 62.8 Å². The van der Waals surface area contributed by atoms with E-state index in [2.05, 4.69) is 0 Å². The third-order valence-electron chi connectivity index (χ3n) is 6.20. The summed E-state index contributed by atoms with van der Waals surface area (Å²) in [7, 11) is -2.15. The number of hydrogen-bond acceptors (Lipinski definition) is 10. The van der Waals surface area contributed by atoms with Gasteiger partial charge in [0.25, 0.3) is 7.82 Å². The maximum Gasteiger partial charge on any atom is 0.347 e. The van der Waals surface area contributed by atoms with Crippen molar-refractivity contribution in [1.29, 1.82) is 0 Å². The van der Waals surface area contributed by atoms with E-state index in [1.165, 1.54) is 12.1 Å². The van der Waals surface area contributed by atoms with Crippen LogP contribution in [0.15, 0.2) is 34.9 Å². The lowest BCUT2D eigenvalue weighted by Crippen LogP contribution is -2.40. The smallest absolute Gasteiger partial charge is 0.347 e. The lowest BCUT2D eigenvalue weighted by molar-refractivity contribution is -0.870. The summed E-state index contributed by atoms with van der Waals surface area (Å²) in [4.78, 5) is 12.4. The maximum atomic E-state index is 12.3. The summed E-state index contributed by atoms with van der Waals surface area (Å²) in [5.41, 5.74) is 0.443. The highest BCUT2D eigenvalue weighted by molar-refractivity contribution is 7.90. The maximum absolute atomic E-state index is 12.3. The van der Waals surface area contributed by atoms with Gasteiger partial charge in [0.05, 0.1) is 45.4 Å². The van der Waals surface area contributed by atoms with Crippen LogP contribution in [0.4, 0.5) is 0 Å². The predicted molar refractivity (Wildman–Crippen MR) is 138 cm³/mol. The Balaban J connectivity index is 1.85. The zero-order valence-electron chi connectivity index (χ0n) is 23.4. The fraction of sp³-hybridized carbons (Fsp3) is 0.680. The molecule has 2 aliphatic heterocycles. The van der Waals surface area contributed by atoms with Gasteiger partial charge in [-0.1, -0.05) is 19.1 Å². The molecular weight excluding hydrogens is 537 g/mol. The Labute approximate surface area is 225 Å². The van der Waals surface area contributed by atoms with Crippen molar-refractivity contribution in [2.24, 2.45) is 0 Å². The summed E-state index contributed by atoms with van der Waals surface area (Å²) in [5, 5.41) is 0. The molecule has 2 aliphatic rings. The van der Waals surface area contributed by atoms with Crippen molar-refractivity contribution in [1.82, 2.24) is 0 Å². The van der Waals surface area contributed by atoms with Crippen LogP contribution in [0.1, 0.15) is 39.7 Å². The van der Waals surface area contributed by atoms with Crippen LogP contribution in [0.2, 0.25) is 0 Å². The predicted octanol–water partition coefficient (Wildman–Crippen LogP) is 2.70. The molecule has 0 radical (unpaired) electrons. The second kappa shape index (κ2) is 11.3. The minimum Gasteiger partial charge on any atom is -0.756 e. The van der Waals surface area contributed by atoms with Gasteiger partial charge in [0.2, 0.25) is 0 Å². The number of phosphoric acid groups is 1. The van der Waals surface area contributed by atoms with E-state index in [-0.39, 0.29) is 30.8 Å². The van der Waals surface area contributed by atoms with Gasteiger partial charge in [-0.3, -0.25) is 4.57 Å². The highest BCUT2D eigenvalue weighted by Gasteiger charge is 2.61. The lowest BCUT2D eigenvalue weighted by Gasteiger charge is -2.31. The largest absolute Gasteiger partial charge is 0.756 e. The van der Waals surface area contributed by atoms with Crippen molar-refractivity contribution in [3.8, 4) is 0 Å². The van der Waals surface area contributed by atoms with E-state index in [0.717, 1.165) is 6.26 Å². The minimum absolute atomic E-state index is 0.00913. The molecular formula is C25H40NO10PS. The van der Waals surface area contributed by atoms with Gasteiger partial charge in [0, 0.05) is 11.8 Å². The molecule has 1 aromatic rings. The molecule has 38 heavy (non-hydrogen) atoms. The Kier molecular flexibility index (Phi) is 9.25. The molecule has 1 saturated heterocycles. The summed E-state index contributed by atoms with van der Waals surface area (Å²) in [5.74, 6) is -1.42. The van der Waals surface area contributed by atoms with Crippen LogP contribution in [0.25, 0.3) is 5.57 Å². The number of rotatable bonds is 12. The first kappa shape index (κ1) is 31.2. The number of benzene rings is 1. The summed E-state index contributed by atoms with van der Waals surface area (Å²) in [6, 6.07) is 6.46. The van der Waals surface area contributed by atoms with Crippen LogP contribution >= 0.6 is 7.82 Å². The standard InChI is InChI=1S/C25H40NO10PS/c1-9-24(4)22(19-10-12-21(13-11-19)38(8,29)30)23(34-18(2)3)25(36-24)31-16-20(35-25)17-33-37(27,28)32-15-14-26(5,6)7/h10-13,18,20H,9,14-17H2,1-8H3/t20-,24+,25?/m1/s1. The fourth-order valence-electron chi connectivity index (χ4n) is 4.09. The molecule has 0 N–H and O–H groups in total. The molecule has 13 heteroatoms. The van der Waals surface area contributed by atoms with E-state index in [0.29, 0.717) is 34.3 Å². The molecule has 1 spiro atoms. The molecule has 0 aromatic heterocycles. The molecule has 0 amide bonds. The monoisotopic (exact) mass is 577 g/mol. The van der Waals surface area contributed by atoms with E-state index in [1.807, 2.05) is 48.8 Å². The van der Waals surface area contributed by atoms with Crippen molar-refractivity contribution in [3.63, 3.8) is 0 Å². The average Bonchev–Trinajstić information content (AvgIpc) is 3.29. The molecule has 2 heterocycles. The van der Waals surface area contributed by atoms with Gasteiger partial charge in [-0.2, -0.15) is 0 Å². The number of nitrogens with zero attached hydrogens (tertiary/aromatic N) is 1. The van der Waals surface area contributed by atoms with E-state index < -0.39 is 35.3 Å². The van der Waals surface area contributed by atoms with Gasteiger partial charge in [-0.05, 0) is 44.9 Å². The zero-order valence-corrected chi connectivity index (χ0v) is 25.1. The Morgan fingerprint density at radius 2 is 1.82 bits per heavy atom. The second-order valence-electron chi connectivity index (χ2n) is 11.1. The van der Waals surface area contributed by atoms with Crippen molar-refractivity contribution >= 4 is 23.2 Å². The third kappa shape index (κ3) is 7.44. The number of ether oxygens (including phenoxy) is 4. The van der Waals surface area contributed by atoms with E-state index in [1.54, 1.807) is 12.1 Å². The molecule has 0 bridgehead atoms. The number of quaternary nitrogens is 1. The highest BCUT2D eigenvalue weighted by Crippen LogP contribution is 2.53. The van der Waals surface area contributed by atoms with Gasteiger partial charge in [0.1, 0.15) is 24.9 Å². The minimum atomic E-state index is -4.55. The Morgan fingerprint density at radius 3 is 2.34 bits per heavy atom. The number of hydrogen-bond donors (Lipinski definition) is 0. The molecule has 1 fully saturated rings.